The lowest BCUT2D eigenvalue weighted by Crippen LogP contribution is -2.33. The van der Waals surface area contributed by atoms with E-state index in [1.165, 1.54) is 12.8 Å². The molecule has 1 N–H and O–H groups in total. The number of piperidine rings is 1. The Kier molecular flexibility index (Phi) is 4.42. The normalized spacial score (nSPS) is 15.8. The Bertz CT molecular complexity index is 617. The maximum absolute atomic E-state index is 12.2. The summed E-state index contributed by atoms with van der Waals surface area (Å²) in [6.45, 7) is 4.74. The SMILES string of the molecule is CC1CCN(c2ccnc(C(=O)NCc3ccco3)c2)CC1. The first-order valence-corrected chi connectivity index (χ1v) is 7.74. The van der Waals surface area contributed by atoms with Crippen LogP contribution in [0.2, 0.25) is 0 Å². The molecule has 116 valence electrons. The Labute approximate surface area is 130 Å². The van der Waals surface area contributed by atoms with Gasteiger partial charge >= 0.3 is 0 Å². The monoisotopic (exact) mass is 299 g/mol. The molecule has 0 saturated carbocycles. The molecule has 1 fully saturated rings. The molecule has 0 aliphatic carbocycles. The molecule has 1 amide bonds. The second kappa shape index (κ2) is 6.64. The molecule has 3 heterocycles. The van der Waals surface area contributed by atoms with Crippen molar-refractivity contribution in [3.8, 4) is 0 Å². The fourth-order valence-electron chi connectivity index (χ4n) is 2.68. The Balaban J connectivity index is 1.64. The lowest BCUT2D eigenvalue weighted by molar-refractivity contribution is 0.0943. The molecule has 0 spiro atoms. The zero-order chi connectivity index (χ0) is 15.4. The van der Waals surface area contributed by atoms with Crippen molar-refractivity contribution in [3.05, 3.63) is 48.2 Å². The average molecular weight is 299 g/mol. The molecule has 0 aromatic carbocycles. The second-order valence-electron chi connectivity index (χ2n) is 5.83. The van der Waals surface area contributed by atoms with Gasteiger partial charge in [0.15, 0.2) is 0 Å². The van der Waals surface area contributed by atoms with Crippen LogP contribution in [0, 0.1) is 5.92 Å². The maximum atomic E-state index is 12.2. The number of hydrogen-bond donors (Lipinski definition) is 1. The van der Waals surface area contributed by atoms with Crippen molar-refractivity contribution in [2.24, 2.45) is 5.92 Å². The van der Waals surface area contributed by atoms with Gasteiger partial charge in [-0.1, -0.05) is 6.92 Å². The number of nitrogens with zero attached hydrogens (tertiary/aromatic N) is 2. The van der Waals surface area contributed by atoms with Crippen LogP contribution in [0.25, 0.3) is 0 Å². The highest BCUT2D eigenvalue weighted by atomic mass is 16.3. The number of rotatable bonds is 4. The minimum atomic E-state index is -0.177. The summed E-state index contributed by atoms with van der Waals surface area (Å²) in [6, 6.07) is 7.48. The molecule has 5 heteroatoms. The smallest absolute Gasteiger partial charge is 0.270 e. The minimum absolute atomic E-state index is 0.177. The fraction of sp³-hybridized carbons (Fsp3) is 0.412. The molecule has 0 atom stereocenters. The molecule has 2 aromatic rings. The van der Waals surface area contributed by atoms with Crippen LogP contribution in [0.3, 0.4) is 0 Å². The van der Waals surface area contributed by atoms with Crippen molar-refractivity contribution in [3.63, 3.8) is 0 Å². The van der Waals surface area contributed by atoms with Crippen LogP contribution in [-0.2, 0) is 6.54 Å². The van der Waals surface area contributed by atoms with Gasteiger partial charge in [0.1, 0.15) is 11.5 Å². The third-order valence-corrected chi connectivity index (χ3v) is 4.13. The molecule has 5 nitrogen and oxygen atoms in total. The number of furan rings is 1. The summed E-state index contributed by atoms with van der Waals surface area (Å²) in [4.78, 5) is 18.7. The van der Waals surface area contributed by atoms with Gasteiger partial charge in [-0.05, 0) is 43.0 Å². The fourth-order valence-corrected chi connectivity index (χ4v) is 2.68. The Morgan fingerprint density at radius 1 is 1.41 bits per heavy atom. The van der Waals surface area contributed by atoms with Crippen LogP contribution in [0.5, 0.6) is 0 Å². The Hall–Kier alpha value is -2.30. The summed E-state index contributed by atoms with van der Waals surface area (Å²) in [5.41, 5.74) is 1.52. The van der Waals surface area contributed by atoms with E-state index in [9.17, 15) is 4.79 Å². The lowest BCUT2D eigenvalue weighted by atomic mass is 9.99. The highest BCUT2D eigenvalue weighted by Gasteiger charge is 2.17. The molecule has 0 unspecified atom stereocenters. The van der Waals surface area contributed by atoms with E-state index in [-0.39, 0.29) is 5.91 Å². The number of hydrogen-bond acceptors (Lipinski definition) is 4. The highest BCUT2D eigenvalue weighted by Crippen LogP contribution is 2.22. The molecule has 3 rings (SSSR count). The third kappa shape index (κ3) is 3.47. The third-order valence-electron chi connectivity index (χ3n) is 4.13. The van der Waals surface area contributed by atoms with Gasteiger partial charge in [-0.15, -0.1) is 0 Å². The average Bonchev–Trinajstić information content (AvgIpc) is 3.07. The molecule has 1 aliphatic heterocycles. The molecule has 2 aromatic heterocycles. The number of carbonyl (C=O) groups is 1. The zero-order valence-corrected chi connectivity index (χ0v) is 12.8. The van der Waals surface area contributed by atoms with Crippen LogP contribution in [0.4, 0.5) is 5.69 Å². The minimum Gasteiger partial charge on any atom is -0.467 e. The number of amides is 1. The van der Waals surface area contributed by atoms with Gasteiger partial charge < -0.3 is 14.6 Å². The van der Waals surface area contributed by atoms with Crippen molar-refractivity contribution < 1.29 is 9.21 Å². The van der Waals surface area contributed by atoms with E-state index in [1.54, 1.807) is 18.5 Å². The first-order chi connectivity index (χ1) is 10.7. The Morgan fingerprint density at radius 2 is 2.23 bits per heavy atom. The van der Waals surface area contributed by atoms with Crippen LogP contribution in [0.15, 0.2) is 41.1 Å². The largest absolute Gasteiger partial charge is 0.467 e. The molecule has 1 aliphatic rings. The van der Waals surface area contributed by atoms with E-state index in [2.05, 4.69) is 22.1 Å². The van der Waals surface area contributed by atoms with Gasteiger partial charge in [-0.2, -0.15) is 0 Å². The number of nitrogens with one attached hydrogen (secondary N) is 1. The van der Waals surface area contributed by atoms with E-state index in [0.29, 0.717) is 12.2 Å². The van der Waals surface area contributed by atoms with E-state index in [4.69, 9.17) is 4.42 Å². The maximum Gasteiger partial charge on any atom is 0.270 e. The highest BCUT2D eigenvalue weighted by molar-refractivity contribution is 5.93. The van der Waals surface area contributed by atoms with Crippen molar-refractivity contribution in [1.29, 1.82) is 0 Å². The standard InChI is InChI=1S/C17H21N3O2/c1-13-5-8-20(9-6-13)14-4-7-18-16(11-14)17(21)19-12-15-3-2-10-22-15/h2-4,7,10-11,13H,5-6,8-9,12H2,1H3,(H,19,21). The predicted octanol–water partition coefficient (Wildman–Crippen LogP) is 2.84. The van der Waals surface area contributed by atoms with Crippen molar-refractivity contribution in [2.45, 2.75) is 26.3 Å². The van der Waals surface area contributed by atoms with E-state index in [1.807, 2.05) is 18.2 Å². The molecular weight excluding hydrogens is 278 g/mol. The van der Waals surface area contributed by atoms with Gasteiger partial charge in [0.05, 0.1) is 12.8 Å². The molecule has 22 heavy (non-hydrogen) atoms. The van der Waals surface area contributed by atoms with Crippen LogP contribution in [-0.4, -0.2) is 24.0 Å². The molecule has 1 saturated heterocycles. The van der Waals surface area contributed by atoms with Crippen molar-refractivity contribution in [1.82, 2.24) is 10.3 Å². The van der Waals surface area contributed by atoms with Gasteiger partial charge in [-0.3, -0.25) is 9.78 Å². The van der Waals surface area contributed by atoms with Gasteiger partial charge in [0.25, 0.3) is 5.91 Å². The quantitative estimate of drug-likeness (QED) is 0.943. The first-order valence-electron chi connectivity index (χ1n) is 7.74. The molecular formula is C17H21N3O2. The van der Waals surface area contributed by atoms with Gasteiger partial charge in [0.2, 0.25) is 0 Å². The van der Waals surface area contributed by atoms with Gasteiger partial charge in [-0.25, -0.2) is 0 Å². The zero-order valence-electron chi connectivity index (χ0n) is 12.8. The van der Waals surface area contributed by atoms with E-state index in [0.717, 1.165) is 30.5 Å². The topological polar surface area (TPSA) is 58.4 Å². The van der Waals surface area contributed by atoms with Crippen LogP contribution >= 0.6 is 0 Å². The summed E-state index contributed by atoms with van der Waals surface area (Å²) < 4.78 is 5.21. The summed E-state index contributed by atoms with van der Waals surface area (Å²) in [6.07, 6.45) is 5.69. The number of aromatic nitrogens is 1. The van der Waals surface area contributed by atoms with Crippen molar-refractivity contribution >= 4 is 11.6 Å². The summed E-state index contributed by atoms with van der Waals surface area (Å²) in [5, 5.41) is 2.82. The first kappa shape index (κ1) is 14.6. The van der Waals surface area contributed by atoms with E-state index >= 15 is 0 Å². The summed E-state index contributed by atoms with van der Waals surface area (Å²) in [5.74, 6) is 1.34. The molecule has 0 bridgehead atoms. The predicted molar refractivity (Wildman–Crippen MR) is 84.7 cm³/mol. The number of anilines is 1. The molecule has 0 radical (unpaired) electrons. The summed E-state index contributed by atoms with van der Waals surface area (Å²) >= 11 is 0. The number of pyridine rings is 1. The van der Waals surface area contributed by atoms with Gasteiger partial charge in [0, 0.05) is 25.0 Å². The van der Waals surface area contributed by atoms with Crippen LogP contribution in [0.1, 0.15) is 36.0 Å². The van der Waals surface area contributed by atoms with E-state index < -0.39 is 0 Å². The second-order valence-corrected chi connectivity index (χ2v) is 5.83. The summed E-state index contributed by atoms with van der Waals surface area (Å²) in [7, 11) is 0. The number of carbonyl (C=O) groups excluding carboxylic acids is 1. The lowest BCUT2D eigenvalue weighted by Gasteiger charge is -2.32. The Morgan fingerprint density at radius 3 is 2.95 bits per heavy atom. The van der Waals surface area contributed by atoms with Crippen molar-refractivity contribution in [2.75, 3.05) is 18.0 Å². The van der Waals surface area contributed by atoms with Crippen LogP contribution < -0.4 is 10.2 Å².